The number of aliphatic hydroxyl groups is 2. The molecule has 0 spiro atoms. The average molecular weight is 675 g/mol. The number of hydrogen-bond acceptors (Lipinski definition) is 7. The highest BCUT2D eigenvalue weighted by molar-refractivity contribution is 5.90. The van der Waals surface area contributed by atoms with Crippen molar-refractivity contribution >= 4 is 11.9 Å². The Bertz CT molecular complexity index is 1380. The van der Waals surface area contributed by atoms with E-state index in [9.17, 15) is 19.8 Å². The lowest BCUT2D eigenvalue weighted by Crippen LogP contribution is -2.25. The number of carbonyl (C=O) groups excluding carboxylic acids is 2. The lowest BCUT2D eigenvalue weighted by molar-refractivity contribution is -0.139. The molecule has 0 unspecified atom stereocenters. The fourth-order valence-electron chi connectivity index (χ4n) is 7.76. The molecule has 7 heteroatoms. The fourth-order valence-corrected chi connectivity index (χ4v) is 7.76. The number of benzene rings is 2. The van der Waals surface area contributed by atoms with Crippen LogP contribution in [0.5, 0.6) is 11.5 Å². The van der Waals surface area contributed by atoms with Gasteiger partial charge in [-0.15, -0.1) is 0 Å². The zero-order valence-electron chi connectivity index (χ0n) is 29.9. The molecule has 2 aliphatic rings. The van der Waals surface area contributed by atoms with Crippen LogP contribution in [0.3, 0.4) is 0 Å². The van der Waals surface area contributed by atoms with Crippen LogP contribution in [0.1, 0.15) is 114 Å². The van der Waals surface area contributed by atoms with Crippen molar-refractivity contribution in [2.75, 3.05) is 26.4 Å². The maximum Gasteiger partial charge on any atom is 0.341 e. The van der Waals surface area contributed by atoms with Gasteiger partial charge in [0.25, 0.3) is 0 Å². The molecule has 0 radical (unpaired) electrons. The van der Waals surface area contributed by atoms with Crippen LogP contribution in [0, 0.1) is 17.8 Å². The number of ether oxygens (including phenoxy) is 3. The quantitative estimate of drug-likeness (QED) is 0.0705. The van der Waals surface area contributed by atoms with Gasteiger partial charge in [0.15, 0.2) is 0 Å². The lowest BCUT2D eigenvalue weighted by atomic mass is 9.67. The highest BCUT2D eigenvalue weighted by atomic mass is 16.5. The van der Waals surface area contributed by atoms with E-state index in [2.05, 4.69) is 32.2 Å². The molecule has 2 aromatic carbocycles. The van der Waals surface area contributed by atoms with Crippen LogP contribution in [0.25, 0.3) is 11.1 Å². The van der Waals surface area contributed by atoms with Gasteiger partial charge < -0.3 is 24.4 Å². The van der Waals surface area contributed by atoms with E-state index >= 15 is 0 Å². The first-order chi connectivity index (χ1) is 23.8. The van der Waals surface area contributed by atoms with Crippen LogP contribution in [0.15, 0.2) is 60.7 Å². The standard InChI is InChI=1S/C42H58O7/c1-5-7-8-10-31-12-14-32(15-13-31)33-16-18-34(19-17-33)37-25-36(11-9-24-48-41(45)29(3)27-43)40(47-6-2)39(26-37)35-20-22-38(23-21-35)49-42(46)30(4)28-44/h20-23,25-26,31-34,43-44H,3-19,24,27-28H2,1-2H3. The van der Waals surface area contributed by atoms with E-state index in [0.29, 0.717) is 31.1 Å². The summed E-state index contributed by atoms with van der Waals surface area (Å²) in [6.07, 6.45) is 17.3. The predicted molar refractivity (Wildman–Crippen MR) is 195 cm³/mol. The molecular weight excluding hydrogens is 616 g/mol. The largest absolute Gasteiger partial charge is 0.493 e. The van der Waals surface area contributed by atoms with E-state index in [0.717, 1.165) is 40.2 Å². The number of hydrogen-bond donors (Lipinski definition) is 2. The van der Waals surface area contributed by atoms with Gasteiger partial charge in [0.2, 0.25) is 0 Å². The Balaban J connectivity index is 1.51. The normalized spacial score (nSPS) is 20.7. The minimum atomic E-state index is -0.659. The third kappa shape index (κ3) is 11.0. The highest BCUT2D eigenvalue weighted by Gasteiger charge is 2.32. The third-order valence-electron chi connectivity index (χ3n) is 10.7. The summed E-state index contributed by atoms with van der Waals surface area (Å²) in [5, 5.41) is 18.4. The van der Waals surface area contributed by atoms with E-state index < -0.39 is 25.2 Å². The molecule has 49 heavy (non-hydrogen) atoms. The van der Waals surface area contributed by atoms with E-state index in [4.69, 9.17) is 14.2 Å². The van der Waals surface area contributed by atoms with Crippen molar-refractivity contribution in [3.05, 3.63) is 71.8 Å². The van der Waals surface area contributed by atoms with E-state index in [-0.39, 0.29) is 17.8 Å². The summed E-state index contributed by atoms with van der Waals surface area (Å²) in [5.74, 6) is 3.05. The van der Waals surface area contributed by atoms with Crippen molar-refractivity contribution in [2.24, 2.45) is 17.8 Å². The van der Waals surface area contributed by atoms with Gasteiger partial charge in [0.05, 0.1) is 37.6 Å². The zero-order valence-corrected chi connectivity index (χ0v) is 29.9. The summed E-state index contributed by atoms with van der Waals surface area (Å²) in [7, 11) is 0. The van der Waals surface area contributed by atoms with E-state index in [1.54, 1.807) is 12.1 Å². The predicted octanol–water partition coefficient (Wildman–Crippen LogP) is 8.89. The molecule has 2 aliphatic carbocycles. The minimum absolute atomic E-state index is 0.00350. The van der Waals surface area contributed by atoms with E-state index in [1.807, 2.05) is 19.1 Å². The Hall–Kier alpha value is -3.42. The molecule has 2 N–H and O–H groups in total. The summed E-state index contributed by atoms with van der Waals surface area (Å²) in [4.78, 5) is 24.2. The number of esters is 2. The van der Waals surface area contributed by atoms with Gasteiger partial charge >= 0.3 is 11.9 Å². The molecule has 0 aromatic heterocycles. The molecule has 2 saturated carbocycles. The summed E-state index contributed by atoms with van der Waals surface area (Å²) in [5.41, 5.74) is 4.36. The second kappa shape index (κ2) is 19.7. The van der Waals surface area contributed by atoms with Crippen molar-refractivity contribution in [3.63, 3.8) is 0 Å². The Morgan fingerprint density at radius 3 is 2.04 bits per heavy atom. The second-order valence-corrected chi connectivity index (χ2v) is 14.1. The van der Waals surface area contributed by atoms with Gasteiger partial charge in [0, 0.05) is 5.56 Å². The third-order valence-corrected chi connectivity index (χ3v) is 10.7. The molecule has 7 nitrogen and oxygen atoms in total. The molecule has 0 aliphatic heterocycles. The highest BCUT2D eigenvalue weighted by Crippen LogP contribution is 2.46. The van der Waals surface area contributed by atoms with Crippen molar-refractivity contribution in [2.45, 2.75) is 110 Å². The fraction of sp³-hybridized carbons (Fsp3) is 0.571. The number of aryl methyl sites for hydroxylation is 1. The van der Waals surface area contributed by atoms with Crippen LogP contribution >= 0.6 is 0 Å². The molecule has 0 amide bonds. The molecule has 2 fully saturated rings. The Morgan fingerprint density at radius 1 is 0.796 bits per heavy atom. The molecule has 0 atom stereocenters. The smallest absolute Gasteiger partial charge is 0.341 e. The van der Waals surface area contributed by atoms with Crippen molar-refractivity contribution in [1.29, 1.82) is 0 Å². The van der Waals surface area contributed by atoms with E-state index in [1.165, 1.54) is 82.6 Å². The van der Waals surface area contributed by atoms with Crippen LogP contribution < -0.4 is 9.47 Å². The molecule has 0 heterocycles. The van der Waals surface area contributed by atoms with Gasteiger partial charge in [-0.1, -0.05) is 76.8 Å². The average Bonchev–Trinajstić information content (AvgIpc) is 3.13. The first kappa shape index (κ1) is 38.4. The maximum atomic E-state index is 12.2. The Morgan fingerprint density at radius 2 is 1.43 bits per heavy atom. The molecule has 0 bridgehead atoms. The number of rotatable bonds is 18. The van der Waals surface area contributed by atoms with Crippen molar-refractivity contribution < 1.29 is 34.0 Å². The number of carbonyl (C=O) groups is 2. The first-order valence-electron chi connectivity index (χ1n) is 18.6. The molecular formula is C42H58O7. The molecule has 268 valence electrons. The summed E-state index contributed by atoms with van der Waals surface area (Å²) in [6.45, 7) is 11.2. The van der Waals surface area contributed by atoms with Gasteiger partial charge in [0.1, 0.15) is 11.5 Å². The molecule has 4 rings (SSSR count). The zero-order chi connectivity index (χ0) is 35.2. The van der Waals surface area contributed by atoms with Crippen molar-refractivity contribution in [3.8, 4) is 22.6 Å². The Labute approximate surface area is 293 Å². The van der Waals surface area contributed by atoms with Gasteiger partial charge in [-0.05, 0) is 117 Å². The maximum absolute atomic E-state index is 12.2. The second-order valence-electron chi connectivity index (χ2n) is 14.1. The topological polar surface area (TPSA) is 102 Å². The summed E-state index contributed by atoms with van der Waals surface area (Å²) in [6, 6.07) is 11.9. The van der Waals surface area contributed by atoms with Gasteiger partial charge in [-0.25, -0.2) is 9.59 Å². The van der Waals surface area contributed by atoms with Crippen LogP contribution in [0.4, 0.5) is 0 Å². The van der Waals surface area contributed by atoms with Gasteiger partial charge in [-0.2, -0.15) is 0 Å². The number of unbranched alkanes of at least 4 members (excludes halogenated alkanes) is 2. The SMILES string of the molecule is C=C(CO)C(=O)OCCCc1cc(C2CCC(C3CCC(CCCCC)CC3)CC2)cc(-c2ccc(OC(=O)C(=C)CO)cc2)c1OCC. The minimum Gasteiger partial charge on any atom is -0.493 e. The summed E-state index contributed by atoms with van der Waals surface area (Å²) >= 11 is 0. The lowest BCUT2D eigenvalue weighted by Gasteiger charge is -2.38. The van der Waals surface area contributed by atoms with Crippen LogP contribution in [-0.4, -0.2) is 48.6 Å². The molecule has 2 aromatic rings. The van der Waals surface area contributed by atoms with Crippen LogP contribution in [0.2, 0.25) is 0 Å². The van der Waals surface area contributed by atoms with Crippen molar-refractivity contribution in [1.82, 2.24) is 0 Å². The number of aliphatic hydroxyl groups excluding tert-OH is 2. The van der Waals surface area contributed by atoms with Crippen LogP contribution in [-0.2, 0) is 20.7 Å². The summed E-state index contributed by atoms with van der Waals surface area (Å²) < 4.78 is 17.0. The van der Waals surface area contributed by atoms with Gasteiger partial charge in [-0.3, -0.25) is 0 Å². The first-order valence-corrected chi connectivity index (χ1v) is 18.6. The Kier molecular flexibility index (Phi) is 15.4. The monoisotopic (exact) mass is 674 g/mol. The molecule has 0 saturated heterocycles.